The average molecular weight is 751 g/mol. The van der Waals surface area contributed by atoms with Gasteiger partial charge in [0.2, 0.25) is 0 Å². The van der Waals surface area contributed by atoms with Crippen molar-refractivity contribution in [3.8, 4) is 0 Å². The summed E-state index contributed by atoms with van der Waals surface area (Å²) in [6, 6.07) is 0. The van der Waals surface area contributed by atoms with E-state index in [1.807, 2.05) is 0 Å². The molecular weight excluding hydrogens is 684 g/mol. The number of hydrogen-bond donors (Lipinski definition) is 7. The number of carboxylic acids is 1. The topological polar surface area (TPSA) is 196 Å². The minimum absolute atomic E-state index is 0.0157. The smallest absolute Gasteiger partial charge is 0.309 e. The third-order valence-electron chi connectivity index (χ3n) is 17.4. The molecule has 5 aliphatic carbocycles. The number of fused-ring (bicyclic) bond motifs is 7. The summed E-state index contributed by atoms with van der Waals surface area (Å²) < 4.78 is 24.3. The van der Waals surface area contributed by atoms with E-state index >= 15 is 0 Å². The highest BCUT2D eigenvalue weighted by Crippen LogP contribution is 2.77. The molecule has 0 bridgehead atoms. The molecule has 5 saturated carbocycles. The maximum absolute atomic E-state index is 13.1. The van der Waals surface area contributed by atoms with Crippen molar-refractivity contribution in [1.29, 1.82) is 0 Å². The largest absolute Gasteiger partial charge is 0.481 e. The molecule has 0 spiro atoms. The molecule has 53 heavy (non-hydrogen) atoms. The van der Waals surface area contributed by atoms with E-state index in [0.29, 0.717) is 24.7 Å². The molecule has 12 nitrogen and oxygen atoms in total. The lowest BCUT2D eigenvalue weighted by Gasteiger charge is -2.73. The maximum atomic E-state index is 13.1. The predicted molar refractivity (Wildman–Crippen MR) is 192 cm³/mol. The van der Waals surface area contributed by atoms with E-state index in [1.54, 1.807) is 6.92 Å². The molecule has 0 aromatic carbocycles. The third kappa shape index (κ3) is 5.69. The molecule has 0 aromatic rings. The number of ether oxygens (including phenoxy) is 4. The molecule has 12 heteroatoms. The van der Waals surface area contributed by atoms with Gasteiger partial charge in [0.1, 0.15) is 36.6 Å². The SMILES string of the molecule is C=C(C)C1CCC2(C(=O)O)CCC3(C)C(CCC4C5(C)CCC(OC6OC(C)C(O)C(O)C6OC6OCC(O)C(O)C6O)C(C)(CO)C5CCC43C)C12. The lowest BCUT2D eigenvalue weighted by atomic mass is 9.32. The molecule has 0 radical (unpaired) electrons. The standard InChI is InChI=1S/C41H66O12/c1-20(2)22-10-15-41(36(48)49)17-16-39(6)23(28(22)41)8-9-26-37(4)13-12-27(38(5,19-42)25(37)11-14-40(26,39)7)52-35-33(31(46)29(44)21(3)51-35)53-34-32(47)30(45)24(43)18-50-34/h21-35,42-47H,1,8-19H2,2-7H3,(H,48,49). The van der Waals surface area contributed by atoms with Crippen LogP contribution in [0, 0.1) is 56.7 Å². The van der Waals surface area contributed by atoms with Gasteiger partial charge in [0.15, 0.2) is 12.6 Å². The summed E-state index contributed by atoms with van der Waals surface area (Å²) >= 11 is 0. The molecule has 2 saturated heterocycles. The minimum atomic E-state index is -1.61. The molecule has 302 valence electrons. The third-order valence-corrected chi connectivity index (χ3v) is 17.4. The Bertz CT molecular complexity index is 1410. The molecule has 7 N–H and O–H groups in total. The van der Waals surface area contributed by atoms with E-state index in [-0.39, 0.29) is 47.2 Å². The second kappa shape index (κ2) is 13.7. The Balaban J connectivity index is 1.15. The van der Waals surface area contributed by atoms with Gasteiger partial charge in [0, 0.05) is 5.41 Å². The molecule has 20 atom stereocenters. The zero-order chi connectivity index (χ0) is 38.6. The highest BCUT2D eigenvalue weighted by atomic mass is 16.8. The van der Waals surface area contributed by atoms with Crippen LogP contribution in [0.15, 0.2) is 12.2 Å². The number of hydrogen-bond acceptors (Lipinski definition) is 11. The summed E-state index contributed by atoms with van der Waals surface area (Å²) in [6.45, 7) is 17.1. The van der Waals surface area contributed by atoms with Gasteiger partial charge in [-0.3, -0.25) is 4.79 Å². The number of aliphatic carboxylic acids is 1. The molecule has 7 rings (SSSR count). The fourth-order valence-electron chi connectivity index (χ4n) is 14.2. The van der Waals surface area contributed by atoms with Crippen LogP contribution in [0.4, 0.5) is 0 Å². The van der Waals surface area contributed by atoms with Gasteiger partial charge in [-0.25, -0.2) is 0 Å². The lowest BCUT2D eigenvalue weighted by Crippen LogP contribution is -2.68. The minimum Gasteiger partial charge on any atom is -0.481 e. The van der Waals surface area contributed by atoms with E-state index in [0.717, 1.165) is 56.9 Å². The quantitative estimate of drug-likeness (QED) is 0.148. The summed E-state index contributed by atoms with van der Waals surface area (Å²) in [5.41, 5.74) is -0.406. The highest BCUT2D eigenvalue weighted by molar-refractivity contribution is 5.76. The van der Waals surface area contributed by atoms with Gasteiger partial charge in [0.25, 0.3) is 0 Å². The van der Waals surface area contributed by atoms with Gasteiger partial charge in [-0.2, -0.15) is 0 Å². The average Bonchev–Trinajstić information content (AvgIpc) is 3.52. The van der Waals surface area contributed by atoms with Crippen molar-refractivity contribution in [3.63, 3.8) is 0 Å². The van der Waals surface area contributed by atoms with Crippen LogP contribution in [0.1, 0.15) is 106 Å². The maximum Gasteiger partial charge on any atom is 0.309 e. The number of aliphatic hydroxyl groups is 6. The van der Waals surface area contributed by atoms with Crippen LogP contribution >= 0.6 is 0 Å². The summed E-state index contributed by atoms with van der Waals surface area (Å²) in [4.78, 5) is 13.1. The van der Waals surface area contributed by atoms with Crippen LogP contribution in [-0.2, 0) is 23.7 Å². The highest BCUT2D eigenvalue weighted by Gasteiger charge is 2.72. The van der Waals surface area contributed by atoms with Gasteiger partial charge in [-0.05, 0) is 124 Å². The Morgan fingerprint density at radius 3 is 2.17 bits per heavy atom. The molecule has 2 aliphatic heterocycles. The Hall–Kier alpha value is -1.19. The van der Waals surface area contributed by atoms with Crippen molar-refractivity contribution in [2.75, 3.05) is 13.2 Å². The van der Waals surface area contributed by atoms with E-state index in [1.165, 1.54) is 0 Å². The number of carboxylic acid groups (broad SMARTS) is 1. The summed E-state index contributed by atoms with van der Waals surface area (Å²) in [6.07, 6.45) is -3.85. The Kier molecular flexibility index (Phi) is 10.4. The Morgan fingerprint density at radius 2 is 1.51 bits per heavy atom. The molecule has 0 aromatic heterocycles. The van der Waals surface area contributed by atoms with Crippen LogP contribution in [0.3, 0.4) is 0 Å². The molecule has 7 aliphatic rings. The summed E-state index contributed by atoms with van der Waals surface area (Å²) in [7, 11) is 0. The zero-order valence-electron chi connectivity index (χ0n) is 32.5. The van der Waals surface area contributed by atoms with E-state index < -0.39 is 78.2 Å². The number of aliphatic hydroxyl groups excluding tert-OH is 6. The normalized spacial score (nSPS) is 56.7. The van der Waals surface area contributed by atoms with Crippen molar-refractivity contribution in [3.05, 3.63) is 12.2 Å². The molecule has 0 amide bonds. The second-order valence-corrected chi connectivity index (χ2v) is 19.5. The molecule has 20 unspecified atom stereocenters. The number of allylic oxidation sites excluding steroid dienone is 1. The van der Waals surface area contributed by atoms with Crippen LogP contribution in [0.25, 0.3) is 0 Å². The van der Waals surface area contributed by atoms with Crippen molar-refractivity contribution >= 4 is 5.97 Å². The monoisotopic (exact) mass is 750 g/mol. The fraction of sp³-hybridized carbons (Fsp3) is 0.927. The Morgan fingerprint density at radius 1 is 0.792 bits per heavy atom. The van der Waals surface area contributed by atoms with E-state index in [4.69, 9.17) is 18.9 Å². The molecule has 7 fully saturated rings. The van der Waals surface area contributed by atoms with E-state index in [9.17, 15) is 40.5 Å². The van der Waals surface area contributed by atoms with Crippen LogP contribution in [0.5, 0.6) is 0 Å². The van der Waals surface area contributed by atoms with Gasteiger partial charge >= 0.3 is 5.97 Å². The first-order valence-electron chi connectivity index (χ1n) is 20.3. The van der Waals surface area contributed by atoms with Crippen molar-refractivity contribution in [2.45, 2.75) is 167 Å². The van der Waals surface area contributed by atoms with Crippen molar-refractivity contribution < 1.29 is 59.5 Å². The molecule has 2 heterocycles. The van der Waals surface area contributed by atoms with Gasteiger partial charge < -0.3 is 54.7 Å². The first kappa shape index (κ1) is 40.0. The van der Waals surface area contributed by atoms with Crippen LogP contribution < -0.4 is 0 Å². The van der Waals surface area contributed by atoms with Crippen LogP contribution in [-0.4, -0.2) is 116 Å². The van der Waals surface area contributed by atoms with Gasteiger partial charge in [-0.15, -0.1) is 0 Å². The predicted octanol–water partition coefficient (Wildman–Crippen LogP) is 3.38. The van der Waals surface area contributed by atoms with Crippen LogP contribution in [0.2, 0.25) is 0 Å². The van der Waals surface area contributed by atoms with Crippen molar-refractivity contribution in [1.82, 2.24) is 0 Å². The Labute approximate surface area is 314 Å². The summed E-state index contributed by atoms with van der Waals surface area (Å²) in [5.74, 6) is 0.482. The van der Waals surface area contributed by atoms with Gasteiger partial charge in [-0.1, -0.05) is 39.8 Å². The number of carbonyl (C=O) groups is 1. The van der Waals surface area contributed by atoms with E-state index in [2.05, 4.69) is 41.2 Å². The first-order valence-corrected chi connectivity index (χ1v) is 20.3. The fourth-order valence-corrected chi connectivity index (χ4v) is 14.2. The summed E-state index contributed by atoms with van der Waals surface area (Å²) in [5, 5.41) is 74.8. The van der Waals surface area contributed by atoms with Crippen molar-refractivity contribution in [2.24, 2.45) is 56.7 Å². The first-order chi connectivity index (χ1) is 24.8. The lowest BCUT2D eigenvalue weighted by molar-refractivity contribution is -0.369. The zero-order valence-corrected chi connectivity index (χ0v) is 32.5. The molecular formula is C41H66O12. The number of rotatable bonds is 7. The van der Waals surface area contributed by atoms with Gasteiger partial charge in [0.05, 0.1) is 30.8 Å². The second-order valence-electron chi connectivity index (χ2n) is 19.5.